The zero-order chi connectivity index (χ0) is 16.3. The van der Waals surface area contributed by atoms with E-state index in [1.807, 2.05) is 31.2 Å². The smallest absolute Gasteiger partial charge is 0.155 e. The summed E-state index contributed by atoms with van der Waals surface area (Å²) in [6, 6.07) is 12.4. The van der Waals surface area contributed by atoms with Crippen LogP contribution in [-0.2, 0) is 5.41 Å². The van der Waals surface area contributed by atoms with E-state index in [1.54, 1.807) is 19.3 Å². The number of benzene rings is 1. The number of hydrogen-bond donors (Lipinski definition) is 1. The van der Waals surface area contributed by atoms with E-state index in [0.29, 0.717) is 6.42 Å². The molecule has 0 saturated carbocycles. The SMILES string of the molecule is CC#CCC(C)(C#N)c1cccc(-c2ccnc3[nH]ncc23)c1.[HH]. The first-order chi connectivity index (χ1) is 11.2. The number of rotatable bonds is 3. The molecular weight excluding hydrogens is 284 g/mol. The summed E-state index contributed by atoms with van der Waals surface area (Å²) in [5, 5.41) is 17.5. The zero-order valence-electron chi connectivity index (χ0n) is 13.1. The minimum atomic E-state index is -0.623. The summed E-state index contributed by atoms with van der Waals surface area (Å²) in [5.41, 5.74) is 3.19. The van der Waals surface area contributed by atoms with Crippen molar-refractivity contribution in [3.8, 4) is 29.0 Å². The number of aromatic amines is 1. The van der Waals surface area contributed by atoms with Gasteiger partial charge in [0.2, 0.25) is 0 Å². The molecule has 23 heavy (non-hydrogen) atoms. The predicted octanol–water partition coefficient (Wildman–Crippen LogP) is 4.07. The van der Waals surface area contributed by atoms with Gasteiger partial charge >= 0.3 is 0 Å². The predicted molar refractivity (Wildman–Crippen MR) is 92.5 cm³/mol. The van der Waals surface area contributed by atoms with Gasteiger partial charge in [-0.15, -0.1) is 11.8 Å². The van der Waals surface area contributed by atoms with Crippen LogP contribution >= 0.6 is 0 Å². The van der Waals surface area contributed by atoms with Gasteiger partial charge in [0.25, 0.3) is 0 Å². The van der Waals surface area contributed by atoms with Gasteiger partial charge in [-0.3, -0.25) is 5.10 Å². The van der Waals surface area contributed by atoms with Crippen molar-refractivity contribution >= 4 is 11.0 Å². The third-order valence-corrected chi connectivity index (χ3v) is 4.03. The minimum Gasteiger partial charge on any atom is -0.261 e. The third kappa shape index (κ3) is 2.67. The average molecular weight is 302 g/mol. The quantitative estimate of drug-likeness (QED) is 0.742. The molecule has 0 aliphatic heterocycles. The van der Waals surface area contributed by atoms with Crippen LogP contribution in [0.2, 0.25) is 0 Å². The van der Waals surface area contributed by atoms with Crippen LogP contribution in [0.15, 0.2) is 42.7 Å². The Bertz CT molecular complexity index is 958. The summed E-state index contributed by atoms with van der Waals surface area (Å²) >= 11 is 0. The molecule has 0 radical (unpaired) electrons. The lowest BCUT2D eigenvalue weighted by atomic mass is 9.80. The second-order valence-electron chi connectivity index (χ2n) is 5.62. The van der Waals surface area contributed by atoms with E-state index >= 15 is 0 Å². The number of pyridine rings is 1. The van der Waals surface area contributed by atoms with E-state index in [0.717, 1.165) is 27.7 Å². The Morgan fingerprint density at radius 2 is 2.22 bits per heavy atom. The van der Waals surface area contributed by atoms with Gasteiger partial charge in [0, 0.05) is 19.4 Å². The molecule has 4 nitrogen and oxygen atoms in total. The Balaban J connectivity index is 0.00000208. The molecule has 2 heterocycles. The fraction of sp³-hybridized carbons (Fsp3) is 0.211. The Kier molecular flexibility index (Phi) is 3.83. The monoisotopic (exact) mass is 302 g/mol. The third-order valence-electron chi connectivity index (χ3n) is 4.03. The van der Waals surface area contributed by atoms with E-state index in [1.165, 1.54) is 0 Å². The number of hydrogen-bond acceptors (Lipinski definition) is 3. The van der Waals surface area contributed by atoms with Crippen LogP contribution in [0.25, 0.3) is 22.2 Å². The first-order valence-electron chi connectivity index (χ1n) is 7.38. The summed E-state index contributed by atoms with van der Waals surface area (Å²) in [4.78, 5) is 4.27. The molecule has 4 heteroatoms. The molecule has 0 saturated heterocycles. The highest BCUT2D eigenvalue weighted by Crippen LogP contribution is 2.32. The van der Waals surface area contributed by atoms with Crippen LogP contribution in [0.5, 0.6) is 0 Å². The molecule has 0 fully saturated rings. The number of aromatic nitrogens is 3. The van der Waals surface area contributed by atoms with E-state index in [9.17, 15) is 5.26 Å². The number of fused-ring (bicyclic) bond motifs is 1. The number of nitriles is 1. The highest BCUT2D eigenvalue weighted by atomic mass is 15.1. The number of nitrogens with zero attached hydrogens (tertiary/aromatic N) is 3. The van der Waals surface area contributed by atoms with Gasteiger partial charge in [0.05, 0.1) is 17.7 Å². The first kappa shape index (κ1) is 14.8. The molecule has 0 aliphatic rings. The standard InChI is InChI=1S/C19H16N4.H2/c1-3-4-9-19(2,13-20)15-7-5-6-14(11-15)16-8-10-21-18-17(16)12-22-23-18;/h5-8,10-12H,9H2,1-2H3,(H,21,22,23);1H. The van der Waals surface area contributed by atoms with Crippen molar-refractivity contribution in [2.24, 2.45) is 0 Å². The van der Waals surface area contributed by atoms with Crippen LogP contribution < -0.4 is 0 Å². The van der Waals surface area contributed by atoms with E-state index < -0.39 is 5.41 Å². The molecule has 0 spiro atoms. The van der Waals surface area contributed by atoms with Crippen molar-refractivity contribution in [2.75, 3.05) is 0 Å². The van der Waals surface area contributed by atoms with Crippen molar-refractivity contribution in [1.29, 1.82) is 5.26 Å². The Labute approximate surface area is 136 Å². The van der Waals surface area contributed by atoms with Gasteiger partial charge in [-0.1, -0.05) is 18.2 Å². The molecule has 3 rings (SSSR count). The van der Waals surface area contributed by atoms with E-state index in [4.69, 9.17) is 0 Å². The molecule has 1 N–H and O–H groups in total. The Hall–Kier alpha value is -3.11. The fourth-order valence-corrected chi connectivity index (χ4v) is 2.60. The van der Waals surface area contributed by atoms with Crippen molar-refractivity contribution < 1.29 is 1.43 Å². The maximum absolute atomic E-state index is 9.62. The fourth-order valence-electron chi connectivity index (χ4n) is 2.60. The summed E-state index contributed by atoms with van der Waals surface area (Å²) in [7, 11) is 0. The van der Waals surface area contributed by atoms with Crippen molar-refractivity contribution in [2.45, 2.75) is 25.7 Å². The van der Waals surface area contributed by atoms with E-state index in [2.05, 4.69) is 39.2 Å². The van der Waals surface area contributed by atoms with Gasteiger partial charge in [-0.2, -0.15) is 10.4 Å². The molecule has 114 valence electrons. The summed E-state index contributed by atoms with van der Waals surface area (Å²) in [5.74, 6) is 5.90. The Morgan fingerprint density at radius 3 is 3.00 bits per heavy atom. The number of nitrogens with one attached hydrogen (secondary N) is 1. The highest BCUT2D eigenvalue weighted by Gasteiger charge is 2.25. The van der Waals surface area contributed by atoms with Gasteiger partial charge < -0.3 is 0 Å². The van der Waals surface area contributed by atoms with Crippen LogP contribution in [0.4, 0.5) is 0 Å². The topological polar surface area (TPSA) is 65.4 Å². The van der Waals surface area contributed by atoms with Crippen LogP contribution in [-0.4, -0.2) is 15.2 Å². The zero-order valence-corrected chi connectivity index (χ0v) is 13.1. The molecule has 2 aromatic heterocycles. The Morgan fingerprint density at radius 1 is 1.35 bits per heavy atom. The molecule has 0 bridgehead atoms. The number of H-pyrrole nitrogens is 1. The van der Waals surface area contributed by atoms with Crippen molar-refractivity contribution in [3.05, 3.63) is 48.3 Å². The van der Waals surface area contributed by atoms with Gasteiger partial charge in [-0.25, -0.2) is 4.98 Å². The second-order valence-corrected chi connectivity index (χ2v) is 5.62. The first-order valence-corrected chi connectivity index (χ1v) is 7.38. The minimum absolute atomic E-state index is 0. The molecule has 3 aromatic rings. The van der Waals surface area contributed by atoms with Gasteiger partial charge in [0.1, 0.15) is 0 Å². The van der Waals surface area contributed by atoms with Gasteiger partial charge in [-0.05, 0) is 42.7 Å². The lowest BCUT2D eigenvalue weighted by Gasteiger charge is -2.20. The summed E-state index contributed by atoms with van der Waals surface area (Å²) in [6.07, 6.45) is 4.05. The molecule has 1 atom stereocenters. The molecule has 1 unspecified atom stereocenters. The van der Waals surface area contributed by atoms with Crippen molar-refractivity contribution in [1.82, 2.24) is 15.2 Å². The van der Waals surface area contributed by atoms with Crippen LogP contribution in [0.3, 0.4) is 0 Å². The molecular formula is C19H18N4. The highest BCUT2D eigenvalue weighted by molar-refractivity contribution is 5.92. The van der Waals surface area contributed by atoms with Crippen molar-refractivity contribution in [3.63, 3.8) is 0 Å². The molecule has 0 aliphatic carbocycles. The average Bonchev–Trinajstić information content (AvgIpc) is 3.08. The summed E-state index contributed by atoms with van der Waals surface area (Å²) < 4.78 is 0. The maximum atomic E-state index is 9.62. The van der Waals surface area contributed by atoms with Gasteiger partial charge in [0.15, 0.2) is 5.65 Å². The van der Waals surface area contributed by atoms with Crippen LogP contribution in [0, 0.1) is 23.2 Å². The van der Waals surface area contributed by atoms with E-state index in [-0.39, 0.29) is 1.43 Å². The summed E-state index contributed by atoms with van der Waals surface area (Å²) in [6.45, 7) is 3.72. The normalized spacial score (nSPS) is 12.9. The molecule has 0 amide bonds. The maximum Gasteiger partial charge on any atom is 0.155 e. The van der Waals surface area contributed by atoms with Crippen LogP contribution in [0.1, 0.15) is 27.3 Å². The molecule has 1 aromatic carbocycles. The second kappa shape index (κ2) is 5.94. The lowest BCUT2D eigenvalue weighted by molar-refractivity contribution is 0.632. The lowest BCUT2D eigenvalue weighted by Crippen LogP contribution is -2.18. The largest absolute Gasteiger partial charge is 0.261 e.